The van der Waals surface area contributed by atoms with Crippen molar-refractivity contribution in [2.24, 2.45) is 4.99 Å². The molecule has 29 heavy (non-hydrogen) atoms. The predicted molar refractivity (Wildman–Crippen MR) is 110 cm³/mol. The van der Waals surface area contributed by atoms with Crippen LogP contribution in [0.25, 0.3) is 0 Å². The zero-order valence-corrected chi connectivity index (χ0v) is 16.9. The van der Waals surface area contributed by atoms with Crippen molar-refractivity contribution in [2.45, 2.75) is 13.8 Å². The van der Waals surface area contributed by atoms with E-state index in [1.807, 2.05) is 19.1 Å². The number of esters is 1. The Labute approximate surface area is 171 Å². The van der Waals surface area contributed by atoms with Gasteiger partial charge < -0.3 is 15.0 Å². The van der Waals surface area contributed by atoms with Gasteiger partial charge in [-0.2, -0.15) is 0 Å². The largest absolute Gasteiger partial charge is 0.466 e. The highest BCUT2D eigenvalue weighted by atomic mass is 32.2. The van der Waals surface area contributed by atoms with Crippen LogP contribution >= 0.6 is 11.8 Å². The van der Waals surface area contributed by atoms with Gasteiger partial charge in [0.15, 0.2) is 16.7 Å². The van der Waals surface area contributed by atoms with Crippen molar-refractivity contribution in [3.63, 3.8) is 0 Å². The molecule has 150 valence electrons. The number of thioether (sulfide) groups is 1. The Hall–Kier alpha value is -3.40. The Morgan fingerprint density at radius 3 is 2.72 bits per heavy atom. The van der Waals surface area contributed by atoms with E-state index in [-0.39, 0.29) is 22.3 Å². The summed E-state index contributed by atoms with van der Waals surface area (Å²) in [6.07, 6.45) is 2.47. The summed E-state index contributed by atoms with van der Waals surface area (Å²) in [5, 5.41) is 3.10. The van der Waals surface area contributed by atoms with Crippen LogP contribution in [0.1, 0.15) is 23.0 Å². The van der Waals surface area contributed by atoms with Gasteiger partial charge in [-0.3, -0.25) is 14.5 Å². The minimum Gasteiger partial charge on any atom is -0.466 e. The molecule has 1 aromatic heterocycles. The van der Waals surface area contributed by atoms with Gasteiger partial charge in [0.1, 0.15) is 0 Å². The number of methoxy groups -OCH3 is 1. The molecule has 3 rings (SSSR count). The molecule has 0 bridgehead atoms. The molecule has 9 nitrogen and oxygen atoms in total. The lowest BCUT2D eigenvalue weighted by molar-refractivity contribution is -0.135. The van der Waals surface area contributed by atoms with E-state index in [9.17, 15) is 14.4 Å². The lowest BCUT2D eigenvalue weighted by Crippen LogP contribution is -2.28. The van der Waals surface area contributed by atoms with Crippen LogP contribution in [0.4, 0.5) is 11.5 Å². The standard InChI is InChI=1S/C19H19N5O4S/c1-4-24-18(27)13(9-14(25)28-3)29-19(24)23-16-15(20-10-21-16)17(26)22-12-7-5-11(2)6-8-12/h5-10H,4H2,1-3H3,(H,20,21)(H,22,26)/b13-9+,23-19-. The second kappa shape index (κ2) is 8.74. The van der Waals surface area contributed by atoms with E-state index in [0.29, 0.717) is 17.4 Å². The molecular formula is C19H19N5O4S. The molecule has 1 aliphatic rings. The SMILES string of the molecule is CCN1C(=O)/C(=C\C(=O)OC)S/C1=N\c1nc[nH]c1C(=O)Nc1ccc(C)cc1. The number of aromatic nitrogens is 2. The van der Waals surface area contributed by atoms with E-state index >= 15 is 0 Å². The number of benzene rings is 1. The fraction of sp³-hybridized carbons (Fsp3) is 0.211. The summed E-state index contributed by atoms with van der Waals surface area (Å²) < 4.78 is 4.58. The highest BCUT2D eigenvalue weighted by Crippen LogP contribution is 2.32. The van der Waals surface area contributed by atoms with Crippen LogP contribution in [0.2, 0.25) is 0 Å². The number of nitrogens with one attached hydrogen (secondary N) is 2. The third kappa shape index (κ3) is 4.54. The number of carbonyl (C=O) groups excluding carboxylic acids is 3. The lowest BCUT2D eigenvalue weighted by Gasteiger charge is -2.11. The number of H-pyrrole nitrogens is 1. The second-order valence-corrected chi connectivity index (χ2v) is 7.01. The van der Waals surface area contributed by atoms with Crippen molar-refractivity contribution in [1.29, 1.82) is 0 Å². The first kappa shape index (κ1) is 20.3. The number of imidazole rings is 1. The highest BCUT2D eigenvalue weighted by Gasteiger charge is 2.33. The zero-order valence-electron chi connectivity index (χ0n) is 16.1. The van der Waals surface area contributed by atoms with Gasteiger partial charge >= 0.3 is 5.97 Å². The van der Waals surface area contributed by atoms with E-state index in [0.717, 1.165) is 23.4 Å². The average molecular weight is 413 g/mol. The van der Waals surface area contributed by atoms with Crippen LogP contribution in [0.5, 0.6) is 0 Å². The number of aryl methyl sites for hydroxylation is 1. The molecule has 0 spiro atoms. The maximum absolute atomic E-state index is 12.6. The first-order chi connectivity index (χ1) is 13.9. The molecule has 0 saturated carbocycles. The number of amides is 2. The second-order valence-electron chi connectivity index (χ2n) is 6.00. The fourth-order valence-corrected chi connectivity index (χ4v) is 3.50. The van der Waals surface area contributed by atoms with Crippen molar-refractivity contribution in [2.75, 3.05) is 19.0 Å². The quantitative estimate of drug-likeness (QED) is 0.575. The van der Waals surface area contributed by atoms with Crippen LogP contribution in [-0.2, 0) is 14.3 Å². The Balaban J connectivity index is 1.85. The molecule has 1 aromatic carbocycles. The van der Waals surface area contributed by atoms with Crippen molar-refractivity contribution in [3.8, 4) is 0 Å². The molecule has 2 aromatic rings. The number of aromatic amines is 1. The van der Waals surface area contributed by atoms with Gasteiger partial charge in [-0.1, -0.05) is 17.7 Å². The third-order valence-electron chi connectivity index (χ3n) is 4.01. The zero-order chi connectivity index (χ0) is 21.0. The van der Waals surface area contributed by atoms with E-state index in [1.165, 1.54) is 18.3 Å². The molecule has 2 heterocycles. The summed E-state index contributed by atoms with van der Waals surface area (Å²) in [6, 6.07) is 7.37. The summed E-state index contributed by atoms with van der Waals surface area (Å²) >= 11 is 1.02. The number of amidine groups is 1. The monoisotopic (exact) mass is 413 g/mol. The molecule has 2 amide bonds. The number of nitrogens with zero attached hydrogens (tertiary/aromatic N) is 3. The predicted octanol–water partition coefficient (Wildman–Crippen LogP) is 2.61. The van der Waals surface area contributed by atoms with Crippen LogP contribution < -0.4 is 5.32 Å². The summed E-state index contributed by atoms with van der Waals surface area (Å²) in [5.74, 6) is -1.25. The van der Waals surface area contributed by atoms with Crippen molar-refractivity contribution < 1.29 is 19.1 Å². The molecule has 10 heteroatoms. The van der Waals surface area contributed by atoms with Crippen molar-refractivity contribution >= 4 is 46.2 Å². The average Bonchev–Trinajstić information content (AvgIpc) is 3.28. The van der Waals surface area contributed by atoms with Crippen LogP contribution in [0.15, 0.2) is 46.6 Å². The molecule has 1 fully saturated rings. The fourth-order valence-electron chi connectivity index (χ4n) is 2.50. The van der Waals surface area contributed by atoms with Gasteiger partial charge in [0, 0.05) is 18.3 Å². The Morgan fingerprint density at radius 1 is 1.34 bits per heavy atom. The van der Waals surface area contributed by atoms with Gasteiger partial charge in [-0.05, 0) is 37.7 Å². The molecule has 2 N–H and O–H groups in total. The minimum atomic E-state index is -0.629. The summed E-state index contributed by atoms with van der Waals surface area (Å²) in [6.45, 7) is 4.08. The first-order valence-corrected chi connectivity index (χ1v) is 9.54. The minimum absolute atomic E-state index is 0.141. The summed E-state index contributed by atoms with van der Waals surface area (Å²) in [4.78, 5) is 49.4. The Bertz CT molecular complexity index is 1010. The Morgan fingerprint density at radius 2 is 2.07 bits per heavy atom. The topological polar surface area (TPSA) is 117 Å². The third-order valence-corrected chi connectivity index (χ3v) is 5.02. The maximum atomic E-state index is 12.6. The van der Waals surface area contributed by atoms with E-state index in [2.05, 4.69) is 25.0 Å². The van der Waals surface area contributed by atoms with Gasteiger partial charge in [-0.25, -0.2) is 14.8 Å². The normalized spacial score (nSPS) is 16.5. The van der Waals surface area contributed by atoms with Gasteiger partial charge in [0.2, 0.25) is 0 Å². The van der Waals surface area contributed by atoms with E-state index < -0.39 is 11.9 Å². The number of carbonyl (C=O) groups is 3. The number of ether oxygens (including phenoxy) is 1. The molecule has 1 aliphatic heterocycles. The number of likely N-dealkylation sites (N-methyl/N-ethyl adjacent to an activating group) is 1. The van der Waals surface area contributed by atoms with E-state index in [4.69, 9.17) is 0 Å². The van der Waals surface area contributed by atoms with Gasteiger partial charge in [0.05, 0.1) is 18.3 Å². The smallest absolute Gasteiger partial charge is 0.331 e. The lowest BCUT2D eigenvalue weighted by atomic mass is 10.2. The maximum Gasteiger partial charge on any atom is 0.331 e. The summed E-state index contributed by atoms with van der Waals surface area (Å²) in [5.41, 5.74) is 1.88. The number of aliphatic imine (C=N–C) groups is 1. The molecule has 0 unspecified atom stereocenters. The summed E-state index contributed by atoms with van der Waals surface area (Å²) in [7, 11) is 1.23. The Kier molecular flexibility index (Phi) is 6.13. The molecule has 0 atom stereocenters. The van der Waals surface area contributed by atoms with Crippen LogP contribution in [-0.4, -0.2) is 51.5 Å². The highest BCUT2D eigenvalue weighted by molar-refractivity contribution is 8.18. The number of hydrogen-bond acceptors (Lipinski definition) is 7. The van der Waals surface area contributed by atoms with E-state index in [1.54, 1.807) is 19.1 Å². The first-order valence-electron chi connectivity index (χ1n) is 8.72. The van der Waals surface area contributed by atoms with Crippen molar-refractivity contribution in [1.82, 2.24) is 14.9 Å². The van der Waals surface area contributed by atoms with Crippen molar-refractivity contribution in [3.05, 3.63) is 52.8 Å². The molecular weight excluding hydrogens is 394 g/mol. The number of anilines is 1. The number of rotatable bonds is 5. The van der Waals surface area contributed by atoms with Gasteiger partial charge in [0.25, 0.3) is 11.8 Å². The molecule has 0 radical (unpaired) electrons. The van der Waals surface area contributed by atoms with Crippen LogP contribution in [0.3, 0.4) is 0 Å². The van der Waals surface area contributed by atoms with Gasteiger partial charge in [-0.15, -0.1) is 0 Å². The molecule has 1 saturated heterocycles. The van der Waals surface area contributed by atoms with Crippen LogP contribution in [0, 0.1) is 6.92 Å². The molecule has 0 aliphatic carbocycles. The number of hydrogen-bond donors (Lipinski definition) is 2.